The van der Waals surface area contributed by atoms with Crippen LogP contribution in [0, 0.1) is 17.3 Å². The summed E-state index contributed by atoms with van der Waals surface area (Å²) in [5.74, 6) is -1.73. The van der Waals surface area contributed by atoms with Crippen LogP contribution >= 0.6 is 0 Å². The summed E-state index contributed by atoms with van der Waals surface area (Å²) >= 11 is 0. The van der Waals surface area contributed by atoms with Gasteiger partial charge in [0.1, 0.15) is 5.78 Å². The zero-order valence-corrected chi connectivity index (χ0v) is 19.6. The van der Waals surface area contributed by atoms with Gasteiger partial charge in [-0.3, -0.25) is 4.79 Å². The minimum Gasteiger partial charge on any atom is -0.432 e. The highest BCUT2D eigenvalue weighted by atomic mass is 16.6. The molecule has 0 aromatic heterocycles. The first kappa shape index (κ1) is 25.2. The fourth-order valence-electron chi connectivity index (χ4n) is 4.45. The van der Waals surface area contributed by atoms with Crippen molar-refractivity contribution >= 4 is 17.5 Å². The van der Waals surface area contributed by atoms with Crippen molar-refractivity contribution in [2.24, 2.45) is 17.3 Å². The van der Waals surface area contributed by atoms with Crippen molar-refractivity contribution in [3.05, 3.63) is 35.6 Å². The molecule has 0 unspecified atom stereocenters. The van der Waals surface area contributed by atoms with Crippen LogP contribution in [0.25, 0.3) is 0 Å². The number of ketones is 2. The minimum absolute atomic E-state index is 0.0775. The number of epoxide rings is 1. The van der Waals surface area contributed by atoms with Gasteiger partial charge >= 0.3 is 5.97 Å². The number of ether oxygens (including phenoxy) is 2. The lowest BCUT2D eigenvalue weighted by Gasteiger charge is -2.38. The summed E-state index contributed by atoms with van der Waals surface area (Å²) in [6.45, 7) is 10.9. The maximum atomic E-state index is 13.1. The normalized spacial score (nSPS) is 29.8. The highest BCUT2D eigenvalue weighted by Crippen LogP contribution is 2.49. The molecule has 0 aromatic carbocycles. The van der Waals surface area contributed by atoms with Gasteiger partial charge in [-0.25, -0.2) is 4.79 Å². The van der Waals surface area contributed by atoms with Crippen LogP contribution in [0.2, 0.25) is 0 Å². The Morgan fingerprint density at radius 2 is 1.90 bits per heavy atom. The van der Waals surface area contributed by atoms with E-state index in [-0.39, 0.29) is 47.6 Å². The summed E-state index contributed by atoms with van der Waals surface area (Å²) < 4.78 is 11.0. The Labute approximate surface area is 185 Å². The van der Waals surface area contributed by atoms with E-state index in [1.54, 1.807) is 26.0 Å². The van der Waals surface area contributed by atoms with E-state index in [4.69, 9.17) is 9.47 Å². The molecule has 2 aliphatic rings. The molecule has 6 nitrogen and oxygen atoms in total. The average molecular weight is 433 g/mol. The highest BCUT2D eigenvalue weighted by Gasteiger charge is 2.50. The Hall–Kier alpha value is -2.05. The van der Waals surface area contributed by atoms with Gasteiger partial charge < -0.3 is 19.4 Å². The molecule has 2 rings (SSSR count). The topological polar surface area (TPSA) is 93.2 Å². The Bertz CT molecular complexity index is 799. The van der Waals surface area contributed by atoms with Crippen LogP contribution in [0.3, 0.4) is 0 Å². The van der Waals surface area contributed by atoms with Crippen LogP contribution in [0.1, 0.15) is 67.2 Å². The minimum atomic E-state index is -0.616. The van der Waals surface area contributed by atoms with Gasteiger partial charge in [-0.1, -0.05) is 18.6 Å². The van der Waals surface area contributed by atoms with Gasteiger partial charge in [0.2, 0.25) is 0 Å². The Morgan fingerprint density at radius 1 is 1.26 bits per heavy atom. The van der Waals surface area contributed by atoms with Crippen LogP contribution in [0.4, 0.5) is 0 Å². The second-order valence-corrected chi connectivity index (χ2v) is 9.88. The van der Waals surface area contributed by atoms with Crippen molar-refractivity contribution in [1.29, 1.82) is 0 Å². The van der Waals surface area contributed by atoms with Crippen molar-refractivity contribution < 1.29 is 29.0 Å². The van der Waals surface area contributed by atoms with Gasteiger partial charge in [0, 0.05) is 24.0 Å². The highest BCUT2D eigenvalue weighted by molar-refractivity contribution is 6.00. The van der Waals surface area contributed by atoms with Gasteiger partial charge in [0.05, 0.1) is 24.6 Å². The molecule has 1 aliphatic carbocycles. The van der Waals surface area contributed by atoms with Crippen molar-refractivity contribution in [3.63, 3.8) is 0 Å². The number of carbonyl (C=O) groups is 3. The molecular weight excluding hydrogens is 396 g/mol. The van der Waals surface area contributed by atoms with E-state index in [9.17, 15) is 19.5 Å². The molecule has 1 N–H and O–H groups in total. The number of allylic oxidation sites excluding steroid dienone is 3. The third kappa shape index (κ3) is 6.71. The number of aliphatic hydroxyl groups excluding tert-OH is 1. The largest absolute Gasteiger partial charge is 0.432 e. The van der Waals surface area contributed by atoms with Crippen LogP contribution in [-0.2, 0) is 23.9 Å². The number of rotatable bonds is 9. The predicted molar refractivity (Wildman–Crippen MR) is 118 cm³/mol. The summed E-state index contributed by atoms with van der Waals surface area (Å²) in [7, 11) is 0. The maximum absolute atomic E-state index is 13.1. The van der Waals surface area contributed by atoms with Crippen LogP contribution < -0.4 is 0 Å². The molecule has 0 aromatic rings. The molecule has 1 aliphatic heterocycles. The molecule has 0 saturated carbocycles. The van der Waals surface area contributed by atoms with Crippen molar-refractivity contribution in [2.75, 3.05) is 6.61 Å². The molecule has 4 atom stereocenters. The third-order valence-electron chi connectivity index (χ3n) is 6.40. The fraction of sp³-hybridized carbons (Fsp3) is 0.640. The second-order valence-electron chi connectivity index (χ2n) is 9.88. The van der Waals surface area contributed by atoms with Gasteiger partial charge in [0.15, 0.2) is 5.78 Å². The first-order valence-corrected chi connectivity index (χ1v) is 10.9. The standard InChI is InChI=1S/C25H36O6/c1-16(2)13-22(28)30-12-9-20-19(14-17(3)27)23(29)18(15-26)7-10-25(20,6)11-8-21-24(4,5)31-21/h7,9,12-13,19-21,26H,8,10-11,14-15H2,1-6H3/b12-9-/t19-,20-,21+,25+/m0/s1. The van der Waals surface area contributed by atoms with Crippen molar-refractivity contribution in [1.82, 2.24) is 0 Å². The fourth-order valence-corrected chi connectivity index (χ4v) is 4.45. The Morgan fingerprint density at radius 3 is 2.42 bits per heavy atom. The first-order valence-electron chi connectivity index (χ1n) is 10.9. The van der Waals surface area contributed by atoms with E-state index in [1.807, 2.05) is 0 Å². The summed E-state index contributed by atoms with van der Waals surface area (Å²) in [5, 5.41) is 9.74. The van der Waals surface area contributed by atoms with Crippen molar-refractivity contribution in [2.45, 2.75) is 78.9 Å². The lowest BCUT2D eigenvalue weighted by Crippen LogP contribution is -2.36. The molecule has 0 bridgehead atoms. The molecule has 172 valence electrons. The van der Waals surface area contributed by atoms with Gasteiger partial charge in [-0.15, -0.1) is 0 Å². The summed E-state index contributed by atoms with van der Waals surface area (Å²) in [5.41, 5.74) is 0.672. The molecular formula is C25H36O6. The van der Waals surface area contributed by atoms with E-state index in [1.165, 1.54) is 19.3 Å². The first-order chi connectivity index (χ1) is 14.4. The third-order valence-corrected chi connectivity index (χ3v) is 6.40. The Balaban J connectivity index is 2.35. The van der Waals surface area contributed by atoms with E-state index in [0.29, 0.717) is 12.0 Å². The summed E-state index contributed by atoms with van der Waals surface area (Å²) in [6, 6.07) is 0. The molecule has 1 saturated heterocycles. The van der Waals surface area contributed by atoms with Crippen molar-refractivity contribution in [3.8, 4) is 0 Å². The van der Waals surface area contributed by atoms with Gasteiger partial charge in [-0.2, -0.15) is 0 Å². The number of hydrogen-bond donors (Lipinski definition) is 1. The van der Waals surface area contributed by atoms with E-state index in [2.05, 4.69) is 20.8 Å². The smallest absolute Gasteiger partial charge is 0.335 e. The van der Waals surface area contributed by atoms with Crippen LogP contribution in [-0.4, -0.2) is 41.0 Å². The maximum Gasteiger partial charge on any atom is 0.335 e. The molecule has 0 radical (unpaired) electrons. The molecule has 0 amide bonds. The number of Topliss-reactive ketones (excluding diaryl/α,β-unsaturated/α-hetero) is 2. The summed E-state index contributed by atoms with van der Waals surface area (Å²) in [4.78, 5) is 37.1. The van der Waals surface area contributed by atoms with Crippen LogP contribution in [0.15, 0.2) is 35.6 Å². The average Bonchev–Trinajstić information content (AvgIpc) is 3.29. The number of carbonyl (C=O) groups excluding carboxylic acids is 3. The number of esters is 1. The number of hydrogen-bond acceptors (Lipinski definition) is 6. The van der Waals surface area contributed by atoms with Gasteiger partial charge in [0.25, 0.3) is 0 Å². The summed E-state index contributed by atoms with van der Waals surface area (Å²) in [6.07, 6.45) is 8.70. The predicted octanol–water partition coefficient (Wildman–Crippen LogP) is 4.08. The number of aliphatic hydroxyl groups is 1. The van der Waals surface area contributed by atoms with Gasteiger partial charge in [-0.05, 0) is 71.3 Å². The van der Waals surface area contributed by atoms with E-state index < -0.39 is 11.9 Å². The molecule has 31 heavy (non-hydrogen) atoms. The lowest BCUT2D eigenvalue weighted by molar-refractivity contribution is -0.132. The monoisotopic (exact) mass is 432 g/mol. The SMILES string of the molecule is CC(=O)C[C@@H]1C(=O)C(CO)=CC[C@](C)(CC[C@H]2OC2(C)C)[C@H]1/C=C\OC(=O)C=C(C)C. The quantitative estimate of drug-likeness (QED) is 0.255. The molecule has 6 heteroatoms. The zero-order valence-electron chi connectivity index (χ0n) is 19.6. The molecule has 1 heterocycles. The van der Waals surface area contributed by atoms with Crippen LogP contribution in [0.5, 0.6) is 0 Å². The molecule has 0 spiro atoms. The zero-order chi connectivity index (χ0) is 23.4. The second kappa shape index (κ2) is 10.0. The van der Waals surface area contributed by atoms with E-state index >= 15 is 0 Å². The van der Waals surface area contributed by atoms with E-state index in [0.717, 1.165) is 18.4 Å². The lowest BCUT2D eigenvalue weighted by atomic mass is 9.65. The molecule has 1 fully saturated rings. The Kier molecular flexibility index (Phi) is 8.17.